The maximum atomic E-state index is 14.3. The third-order valence-corrected chi connectivity index (χ3v) is 7.26. The third kappa shape index (κ3) is 5.34. The molecule has 1 atom stereocenters. The van der Waals surface area contributed by atoms with Gasteiger partial charge in [0.2, 0.25) is 0 Å². The summed E-state index contributed by atoms with van der Waals surface area (Å²) in [6, 6.07) is 13.6. The van der Waals surface area contributed by atoms with E-state index in [2.05, 4.69) is 38.8 Å². The van der Waals surface area contributed by atoms with Gasteiger partial charge in [-0.05, 0) is 114 Å². The largest absolute Gasteiger partial charge is 0.497 e. The SMILES string of the molecule is COc1ccc(F)c([C@H]2CC[C@H](COc3cccc(C(Cc4nnn[nH]4)C4CC4)c3)CC2)c1. The molecule has 2 aliphatic carbocycles. The Labute approximate surface area is 193 Å². The fourth-order valence-corrected chi connectivity index (χ4v) is 5.18. The molecule has 0 saturated heterocycles. The second-order valence-corrected chi connectivity index (χ2v) is 9.48. The second-order valence-electron chi connectivity index (χ2n) is 9.48. The topological polar surface area (TPSA) is 72.9 Å². The van der Waals surface area contributed by atoms with Crippen molar-refractivity contribution >= 4 is 0 Å². The summed E-state index contributed by atoms with van der Waals surface area (Å²) in [4.78, 5) is 0. The van der Waals surface area contributed by atoms with Crippen molar-refractivity contribution in [2.45, 2.75) is 56.8 Å². The van der Waals surface area contributed by atoms with E-state index in [1.165, 1.54) is 24.5 Å². The van der Waals surface area contributed by atoms with Crippen LogP contribution in [0.25, 0.3) is 0 Å². The summed E-state index contributed by atoms with van der Waals surface area (Å²) in [5, 5.41) is 14.4. The van der Waals surface area contributed by atoms with Gasteiger partial charge in [-0.1, -0.05) is 12.1 Å². The number of ether oxygens (including phenoxy) is 2. The molecule has 1 aromatic heterocycles. The molecule has 5 rings (SSSR count). The Morgan fingerprint density at radius 3 is 2.61 bits per heavy atom. The van der Waals surface area contributed by atoms with Crippen molar-refractivity contribution < 1.29 is 13.9 Å². The van der Waals surface area contributed by atoms with E-state index in [0.29, 0.717) is 24.4 Å². The van der Waals surface area contributed by atoms with Gasteiger partial charge < -0.3 is 9.47 Å². The molecule has 2 saturated carbocycles. The second kappa shape index (κ2) is 9.89. The number of hydrogen-bond donors (Lipinski definition) is 1. The molecule has 0 spiro atoms. The molecule has 0 amide bonds. The molecule has 0 radical (unpaired) electrons. The molecule has 6 nitrogen and oxygen atoms in total. The zero-order valence-electron chi connectivity index (χ0n) is 19.0. The minimum absolute atomic E-state index is 0.126. The van der Waals surface area contributed by atoms with Gasteiger partial charge in [0.1, 0.15) is 23.1 Å². The molecule has 1 heterocycles. The average molecular weight is 451 g/mol. The van der Waals surface area contributed by atoms with Crippen molar-refractivity contribution in [3.05, 3.63) is 65.2 Å². The van der Waals surface area contributed by atoms with Crippen molar-refractivity contribution in [1.29, 1.82) is 0 Å². The quantitative estimate of drug-likeness (QED) is 0.470. The van der Waals surface area contributed by atoms with Crippen molar-refractivity contribution in [3.8, 4) is 11.5 Å². The van der Waals surface area contributed by atoms with Crippen LogP contribution in [0, 0.1) is 17.7 Å². The zero-order chi connectivity index (χ0) is 22.6. The van der Waals surface area contributed by atoms with Crippen LogP contribution < -0.4 is 9.47 Å². The van der Waals surface area contributed by atoms with E-state index in [1.54, 1.807) is 13.2 Å². The number of H-pyrrole nitrogens is 1. The molecular weight excluding hydrogens is 419 g/mol. The van der Waals surface area contributed by atoms with Crippen molar-refractivity contribution in [1.82, 2.24) is 20.6 Å². The normalized spacial score (nSPS) is 21.5. The predicted molar refractivity (Wildman–Crippen MR) is 123 cm³/mol. The lowest BCUT2D eigenvalue weighted by Gasteiger charge is -2.29. The van der Waals surface area contributed by atoms with Gasteiger partial charge in [-0.25, -0.2) is 9.49 Å². The highest BCUT2D eigenvalue weighted by Gasteiger charge is 2.33. The Morgan fingerprint density at radius 2 is 1.88 bits per heavy atom. The Morgan fingerprint density at radius 1 is 1.03 bits per heavy atom. The van der Waals surface area contributed by atoms with Crippen LogP contribution in [-0.2, 0) is 6.42 Å². The first kappa shape index (κ1) is 21.9. The van der Waals surface area contributed by atoms with Crippen molar-refractivity contribution in [2.24, 2.45) is 11.8 Å². The number of halogens is 1. The highest BCUT2D eigenvalue weighted by atomic mass is 19.1. The Hall–Kier alpha value is -2.96. The lowest BCUT2D eigenvalue weighted by molar-refractivity contribution is 0.199. The molecule has 0 bridgehead atoms. The highest BCUT2D eigenvalue weighted by molar-refractivity contribution is 5.33. The molecule has 2 aliphatic rings. The van der Waals surface area contributed by atoms with Gasteiger partial charge in [0.25, 0.3) is 0 Å². The summed E-state index contributed by atoms with van der Waals surface area (Å²) < 4.78 is 25.9. The van der Waals surface area contributed by atoms with Crippen LogP contribution in [-0.4, -0.2) is 34.3 Å². The van der Waals surface area contributed by atoms with Gasteiger partial charge in [0.15, 0.2) is 0 Å². The van der Waals surface area contributed by atoms with Gasteiger partial charge in [-0.15, -0.1) is 5.10 Å². The molecule has 2 fully saturated rings. The number of nitrogens with one attached hydrogen (secondary N) is 1. The van der Waals surface area contributed by atoms with Gasteiger partial charge in [0.05, 0.1) is 13.7 Å². The van der Waals surface area contributed by atoms with E-state index < -0.39 is 0 Å². The monoisotopic (exact) mass is 450 g/mol. The number of methoxy groups -OCH3 is 1. The number of aromatic amines is 1. The van der Waals surface area contributed by atoms with E-state index in [1.807, 2.05) is 12.1 Å². The molecule has 2 aromatic carbocycles. The number of tetrazole rings is 1. The van der Waals surface area contributed by atoms with E-state index in [0.717, 1.165) is 55.0 Å². The summed E-state index contributed by atoms with van der Waals surface area (Å²) in [5.74, 6) is 4.22. The van der Waals surface area contributed by atoms with E-state index in [9.17, 15) is 4.39 Å². The fraction of sp³-hybridized carbons (Fsp3) is 0.500. The Bertz CT molecular complexity index is 1050. The van der Waals surface area contributed by atoms with Crippen LogP contribution in [0.15, 0.2) is 42.5 Å². The first-order chi connectivity index (χ1) is 16.2. The summed E-state index contributed by atoms with van der Waals surface area (Å²) in [6.45, 7) is 0.705. The minimum atomic E-state index is -0.126. The van der Waals surface area contributed by atoms with Crippen molar-refractivity contribution in [2.75, 3.05) is 13.7 Å². The first-order valence-corrected chi connectivity index (χ1v) is 12.0. The van der Waals surface area contributed by atoms with E-state index in [-0.39, 0.29) is 11.7 Å². The van der Waals surface area contributed by atoms with E-state index in [4.69, 9.17) is 9.47 Å². The maximum Gasteiger partial charge on any atom is 0.149 e. The lowest BCUT2D eigenvalue weighted by atomic mass is 9.79. The molecular formula is C26H31FN4O2. The van der Waals surface area contributed by atoms with Crippen LogP contribution in [0.3, 0.4) is 0 Å². The fourth-order valence-electron chi connectivity index (χ4n) is 5.18. The Kier molecular flexibility index (Phi) is 6.55. The number of benzene rings is 2. The van der Waals surface area contributed by atoms with Crippen molar-refractivity contribution in [3.63, 3.8) is 0 Å². The molecule has 1 unspecified atom stereocenters. The molecule has 174 valence electrons. The number of hydrogen-bond acceptors (Lipinski definition) is 5. The molecule has 7 heteroatoms. The van der Waals surface area contributed by atoms with Crippen LogP contribution in [0.5, 0.6) is 11.5 Å². The average Bonchev–Trinajstić information content (AvgIpc) is 3.57. The first-order valence-electron chi connectivity index (χ1n) is 12.0. The third-order valence-electron chi connectivity index (χ3n) is 7.26. The lowest BCUT2D eigenvalue weighted by Crippen LogP contribution is -2.20. The summed E-state index contributed by atoms with van der Waals surface area (Å²) in [7, 11) is 1.62. The molecule has 0 aliphatic heterocycles. The minimum Gasteiger partial charge on any atom is -0.497 e. The molecule has 1 N–H and O–H groups in total. The van der Waals surface area contributed by atoms with Crippen LogP contribution in [0.2, 0.25) is 0 Å². The predicted octanol–water partition coefficient (Wildman–Crippen LogP) is 5.44. The summed E-state index contributed by atoms with van der Waals surface area (Å²) >= 11 is 0. The highest BCUT2D eigenvalue weighted by Crippen LogP contribution is 2.44. The van der Waals surface area contributed by atoms with Gasteiger partial charge in [0, 0.05) is 6.42 Å². The molecule has 3 aromatic rings. The maximum absolute atomic E-state index is 14.3. The summed E-state index contributed by atoms with van der Waals surface area (Å²) in [5.41, 5.74) is 2.08. The zero-order valence-corrected chi connectivity index (χ0v) is 19.0. The van der Waals surface area contributed by atoms with Gasteiger partial charge >= 0.3 is 0 Å². The van der Waals surface area contributed by atoms with Crippen LogP contribution >= 0.6 is 0 Å². The summed E-state index contributed by atoms with van der Waals surface area (Å²) in [6.07, 6.45) is 7.39. The number of aromatic nitrogens is 4. The van der Waals surface area contributed by atoms with Crippen LogP contribution in [0.4, 0.5) is 4.39 Å². The van der Waals surface area contributed by atoms with Gasteiger partial charge in [-0.3, -0.25) is 0 Å². The molecule has 33 heavy (non-hydrogen) atoms. The smallest absolute Gasteiger partial charge is 0.149 e. The standard InChI is InChI=1S/C26H31FN4O2/c1-32-21-11-12-25(27)24(14-21)19-7-5-17(6-8-19)16-33-22-4-2-3-20(13-22)23(18-9-10-18)15-26-28-30-31-29-26/h2-4,11-14,17-19,23H,5-10,15-16H2,1H3,(H,28,29,30,31)/t17-,19-,23?. The van der Waals surface area contributed by atoms with Crippen LogP contribution in [0.1, 0.15) is 67.3 Å². The number of rotatable bonds is 9. The Balaban J connectivity index is 1.16. The van der Waals surface area contributed by atoms with E-state index >= 15 is 0 Å². The number of nitrogens with zero attached hydrogens (tertiary/aromatic N) is 3. The van der Waals surface area contributed by atoms with Gasteiger partial charge in [-0.2, -0.15) is 0 Å².